The third-order valence-electron chi connectivity index (χ3n) is 2.89. The molecule has 2 N–H and O–H groups in total. The van der Waals surface area contributed by atoms with Gasteiger partial charge in [0.1, 0.15) is 0 Å². The average molecular weight is 255 g/mol. The van der Waals surface area contributed by atoms with E-state index >= 15 is 0 Å². The fourth-order valence-corrected chi connectivity index (χ4v) is 2.03. The van der Waals surface area contributed by atoms with E-state index < -0.39 is 0 Å². The Bertz CT molecular complexity index is 323. The van der Waals surface area contributed by atoms with E-state index in [4.69, 9.17) is 16.3 Å². The molecular weight excluding hydrogens is 236 g/mol. The van der Waals surface area contributed by atoms with E-state index in [1.54, 1.807) is 0 Å². The van der Waals surface area contributed by atoms with Crippen LogP contribution < -0.4 is 10.6 Å². The van der Waals surface area contributed by atoms with Crippen molar-refractivity contribution in [3.63, 3.8) is 0 Å². The summed E-state index contributed by atoms with van der Waals surface area (Å²) in [4.78, 5) is 0. The molecule has 3 nitrogen and oxygen atoms in total. The summed E-state index contributed by atoms with van der Waals surface area (Å²) in [6, 6.07) is 7.95. The van der Waals surface area contributed by atoms with Crippen LogP contribution in [-0.2, 0) is 11.3 Å². The molecule has 17 heavy (non-hydrogen) atoms. The van der Waals surface area contributed by atoms with Gasteiger partial charge in [-0.15, -0.1) is 0 Å². The predicted octanol–water partition coefficient (Wildman–Crippen LogP) is 1.81. The van der Waals surface area contributed by atoms with Crippen molar-refractivity contribution in [2.45, 2.75) is 19.1 Å². The van der Waals surface area contributed by atoms with Crippen LogP contribution in [0.15, 0.2) is 24.3 Å². The summed E-state index contributed by atoms with van der Waals surface area (Å²) < 4.78 is 5.63. The van der Waals surface area contributed by atoms with Crippen molar-refractivity contribution in [2.75, 3.05) is 26.2 Å². The monoisotopic (exact) mass is 254 g/mol. The molecule has 1 aliphatic heterocycles. The number of morpholine rings is 1. The van der Waals surface area contributed by atoms with Gasteiger partial charge < -0.3 is 15.4 Å². The maximum absolute atomic E-state index is 5.83. The molecule has 0 saturated carbocycles. The minimum atomic E-state index is 0.362. The Balaban J connectivity index is 1.60. The first kappa shape index (κ1) is 12.8. The fourth-order valence-electron chi connectivity index (χ4n) is 1.90. The number of hydrogen-bond acceptors (Lipinski definition) is 3. The summed E-state index contributed by atoms with van der Waals surface area (Å²) >= 11 is 5.83. The lowest BCUT2D eigenvalue weighted by atomic mass is 10.2. The van der Waals surface area contributed by atoms with Gasteiger partial charge in [0.15, 0.2) is 0 Å². The van der Waals surface area contributed by atoms with Gasteiger partial charge in [0, 0.05) is 24.7 Å². The summed E-state index contributed by atoms with van der Waals surface area (Å²) in [5, 5.41) is 7.54. The van der Waals surface area contributed by atoms with Crippen molar-refractivity contribution in [2.24, 2.45) is 0 Å². The largest absolute Gasteiger partial charge is 0.376 e. The maximum atomic E-state index is 5.83. The van der Waals surface area contributed by atoms with Crippen molar-refractivity contribution in [1.29, 1.82) is 0 Å². The van der Waals surface area contributed by atoms with Crippen LogP contribution in [0.2, 0.25) is 5.02 Å². The highest BCUT2D eigenvalue weighted by Crippen LogP contribution is 2.09. The first-order valence-electron chi connectivity index (χ1n) is 6.12. The molecule has 1 aromatic rings. The van der Waals surface area contributed by atoms with E-state index in [1.165, 1.54) is 5.56 Å². The molecule has 94 valence electrons. The van der Waals surface area contributed by atoms with E-state index in [0.29, 0.717) is 6.10 Å². The second-order valence-electron chi connectivity index (χ2n) is 4.29. The Morgan fingerprint density at radius 2 is 2.18 bits per heavy atom. The van der Waals surface area contributed by atoms with Gasteiger partial charge in [0.25, 0.3) is 0 Å². The molecule has 1 atom stereocenters. The van der Waals surface area contributed by atoms with Gasteiger partial charge in [-0.25, -0.2) is 0 Å². The molecular formula is C13H19ClN2O. The van der Waals surface area contributed by atoms with Gasteiger partial charge in [-0.1, -0.05) is 23.7 Å². The molecule has 0 bridgehead atoms. The minimum absolute atomic E-state index is 0.362. The quantitative estimate of drug-likeness (QED) is 0.787. The first-order valence-corrected chi connectivity index (χ1v) is 6.50. The van der Waals surface area contributed by atoms with Gasteiger partial charge in [-0.05, 0) is 30.7 Å². The van der Waals surface area contributed by atoms with Gasteiger partial charge in [0.2, 0.25) is 0 Å². The highest BCUT2D eigenvalue weighted by atomic mass is 35.5. The second kappa shape index (κ2) is 6.97. The van der Waals surface area contributed by atoms with Gasteiger partial charge in [-0.2, -0.15) is 0 Å². The fraction of sp³-hybridized carbons (Fsp3) is 0.538. The van der Waals surface area contributed by atoms with Crippen molar-refractivity contribution in [3.05, 3.63) is 34.9 Å². The molecule has 0 aliphatic carbocycles. The summed E-state index contributed by atoms with van der Waals surface area (Å²) in [6.45, 7) is 4.66. The second-order valence-corrected chi connectivity index (χ2v) is 4.73. The van der Waals surface area contributed by atoms with Crippen LogP contribution in [0.4, 0.5) is 0 Å². The molecule has 2 rings (SSSR count). The number of nitrogens with one attached hydrogen (secondary N) is 2. The third kappa shape index (κ3) is 4.64. The summed E-state index contributed by atoms with van der Waals surface area (Å²) in [5.41, 5.74) is 1.26. The summed E-state index contributed by atoms with van der Waals surface area (Å²) in [7, 11) is 0. The van der Waals surface area contributed by atoms with Crippen LogP contribution in [0.25, 0.3) is 0 Å². The maximum Gasteiger partial charge on any atom is 0.0712 e. The molecule has 1 aliphatic rings. The Morgan fingerprint density at radius 3 is 2.88 bits per heavy atom. The molecule has 1 saturated heterocycles. The van der Waals surface area contributed by atoms with Crippen molar-refractivity contribution in [1.82, 2.24) is 10.6 Å². The highest BCUT2D eigenvalue weighted by molar-refractivity contribution is 6.30. The van der Waals surface area contributed by atoms with E-state index in [2.05, 4.69) is 10.6 Å². The molecule has 1 fully saturated rings. The molecule has 1 heterocycles. The van der Waals surface area contributed by atoms with E-state index in [-0.39, 0.29) is 0 Å². The van der Waals surface area contributed by atoms with Crippen molar-refractivity contribution in [3.8, 4) is 0 Å². The van der Waals surface area contributed by atoms with Crippen molar-refractivity contribution < 1.29 is 4.74 Å². The van der Waals surface area contributed by atoms with Crippen LogP contribution in [0, 0.1) is 0 Å². The average Bonchev–Trinajstić information content (AvgIpc) is 2.38. The number of ether oxygens (including phenoxy) is 1. The minimum Gasteiger partial charge on any atom is -0.376 e. The molecule has 4 heteroatoms. The molecule has 0 amide bonds. The van der Waals surface area contributed by atoms with Gasteiger partial charge in [0.05, 0.1) is 12.7 Å². The SMILES string of the molecule is Clc1ccc(CNCCC2CNCCO2)cc1. The topological polar surface area (TPSA) is 33.3 Å². The normalized spacial score (nSPS) is 20.4. The van der Waals surface area contributed by atoms with Crippen molar-refractivity contribution >= 4 is 11.6 Å². The lowest BCUT2D eigenvalue weighted by Crippen LogP contribution is -2.39. The predicted molar refractivity (Wildman–Crippen MR) is 70.4 cm³/mol. The number of hydrogen-bond donors (Lipinski definition) is 2. The standard InChI is InChI=1S/C13H19ClN2O/c14-12-3-1-11(2-4-12)9-15-6-5-13-10-16-7-8-17-13/h1-4,13,15-16H,5-10H2. The molecule has 1 unspecified atom stereocenters. The number of benzene rings is 1. The third-order valence-corrected chi connectivity index (χ3v) is 3.14. The zero-order valence-corrected chi connectivity index (χ0v) is 10.7. The Morgan fingerprint density at radius 1 is 1.35 bits per heavy atom. The van der Waals surface area contributed by atoms with Crippen LogP contribution in [0.3, 0.4) is 0 Å². The Hall–Kier alpha value is -0.610. The molecule has 1 aromatic carbocycles. The molecule has 0 aromatic heterocycles. The Kier molecular flexibility index (Phi) is 5.26. The van der Waals surface area contributed by atoms with Gasteiger partial charge >= 0.3 is 0 Å². The molecule has 0 radical (unpaired) electrons. The lowest BCUT2D eigenvalue weighted by molar-refractivity contribution is 0.0238. The van der Waals surface area contributed by atoms with E-state index in [9.17, 15) is 0 Å². The van der Waals surface area contributed by atoms with Gasteiger partial charge in [-0.3, -0.25) is 0 Å². The van der Waals surface area contributed by atoms with Crippen LogP contribution in [0.5, 0.6) is 0 Å². The smallest absolute Gasteiger partial charge is 0.0712 e. The number of rotatable bonds is 5. The molecule has 0 spiro atoms. The van der Waals surface area contributed by atoms with E-state index in [1.807, 2.05) is 24.3 Å². The number of halogens is 1. The van der Waals surface area contributed by atoms with E-state index in [0.717, 1.165) is 44.2 Å². The summed E-state index contributed by atoms with van der Waals surface area (Å²) in [5.74, 6) is 0. The lowest BCUT2D eigenvalue weighted by Gasteiger charge is -2.23. The zero-order chi connectivity index (χ0) is 11.9. The first-order chi connectivity index (χ1) is 8.34. The van der Waals surface area contributed by atoms with Crippen LogP contribution in [-0.4, -0.2) is 32.3 Å². The summed E-state index contributed by atoms with van der Waals surface area (Å²) in [6.07, 6.45) is 1.42. The Labute approximate surface area is 107 Å². The zero-order valence-electron chi connectivity index (χ0n) is 9.92. The van der Waals surface area contributed by atoms with Crippen LogP contribution in [0.1, 0.15) is 12.0 Å². The highest BCUT2D eigenvalue weighted by Gasteiger charge is 2.11. The van der Waals surface area contributed by atoms with Crippen LogP contribution >= 0.6 is 11.6 Å².